The third-order valence-corrected chi connectivity index (χ3v) is 6.80. The fourth-order valence-electron chi connectivity index (χ4n) is 3.55. The number of piperidine rings is 1. The van der Waals surface area contributed by atoms with E-state index in [0.717, 1.165) is 18.6 Å². The zero-order chi connectivity index (χ0) is 20.5. The Morgan fingerprint density at radius 2 is 1.82 bits per heavy atom. The van der Waals surface area contributed by atoms with Crippen molar-refractivity contribution in [3.63, 3.8) is 0 Å². The number of hydrogen-bond donors (Lipinski definition) is 1. The molecule has 1 heterocycles. The van der Waals surface area contributed by atoms with Crippen LogP contribution in [0.5, 0.6) is 0 Å². The average Bonchev–Trinajstić information content (AvgIpc) is 2.61. The van der Waals surface area contributed by atoms with E-state index in [0.29, 0.717) is 23.8 Å². The lowest BCUT2D eigenvalue weighted by molar-refractivity contribution is 0.102. The number of amides is 1. The number of sulfonamides is 1. The Bertz CT molecular complexity index is 987. The van der Waals surface area contributed by atoms with Gasteiger partial charge in [0.1, 0.15) is 5.82 Å². The summed E-state index contributed by atoms with van der Waals surface area (Å²) in [7, 11) is -3.81. The van der Waals surface area contributed by atoms with Crippen LogP contribution < -0.4 is 5.32 Å². The van der Waals surface area contributed by atoms with Crippen molar-refractivity contribution in [2.45, 2.75) is 25.2 Å². The highest BCUT2D eigenvalue weighted by molar-refractivity contribution is 7.89. The van der Waals surface area contributed by atoms with Gasteiger partial charge in [0.2, 0.25) is 10.0 Å². The molecule has 0 aromatic heterocycles. The predicted molar refractivity (Wildman–Crippen MR) is 108 cm³/mol. The van der Waals surface area contributed by atoms with Crippen molar-refractivity contribution in [2.24, 2.45) is 11.8 Å². The number of hydrogen-bond acceptors (Lipinski definition) is 3. The molecule has 0 unspecified atom stereocenters. The van der Waals surface area contributed by atoms with E-state index >= 15 is 0 Å². The summed E-state index contributed by atoms with van der Waals surface area (Å²) in [6, 6.07) is 9.72. The first kappa shape index (κ1) is 20.8. The molecular weight excluding hydrogens is 403 g/mol. The van der Waals surface area contributed by atoms with Crippen LogP contribution in [0.2, 0.25) is 5.02 Å². The second-order valence-electron chi connectivity index (χ2n) is 7.37. The van der Waals surface area contributed by atoms with E-state index in [1.54, 1.807) is 18.2 Å². The zero-order valence-corrected chi connectivity index (χ0v) is 17.2. The Hall–Kier alpha value is -1.96. The highest BCUT2D eigenvalue weighted by Gasteiger charge is 2.32. The lowest BCUT2D eigenvalue weighted by atomic mass is 9.94. The molecule has 5 nitrogen and oxygen atoms in total. The first-order valence-electron chi connectivity index (χ1n) is 9.03. The average molecular weight is 425 g/mol. The number of carbonyl (C=O) groups is 1. The monoisotopic (exact) mass is 424 g/mol. The van der Waals surface area contributed by atoms with E-state index in [2.05, 4.69) is 5.32 Å². The van der Waals surface area contributed by atoms with E-state index in [1.165, 1.54) is 16.4 Å². The van der Waals surface area contributed by atoms with Crippen molar-refractivity contribution in [3.8, 4) is 0 Å². The third-order valence-electron chi connectivity index (χ3n) is 4.74. The number of rotatable bonds is 4. The molecule has 0 bridgehead atoms. The van der Waals surface area contributed by atoms with E-state index < -0.39 is 21.7 Å². The third kappa shape index (κ3) is 4.54. The number of anilines is 1. The Balaban J connectivity index is 1.89. The van der Waals surface area contributed by atoms with Crippen molar-refractivity contribution < 1.29 is 17.6 Å². The molecule has 150 valence electrons. The summed E-state index contributed by atoms with van der Waals surface area (Å²) >= 11 is 5.89. The molecule has 8 heteroatoms. The van der Waals surface area contributed by atoms with Crippen LogP contribution in [0.1, 0.15) is 30.6 Å². The van der Waals surface area contributed by atoms with E-state index in [1.807, 2.05) is 13.8 Å². The molecule has 1 fully saturated rings. The van der Waals surface area contributed by atoms with Gasteiger partial charge in [0.05, 0.1) is 10.5 Å². The first-order valence-corrected chi connectivity index (χ1v) is 10.8. The number of nitrogens with zero attached hydrogens (tertiary/aromatic N) is 1. The fraction of sp³-hybridized carbons (Fsp3) is 0.350. The van der Waals surface area contributed by atoms with Crippen molar-refractivity contribution in [1.82, 2.24) is 4.31 Å². The highest BCUT2D eigenvalue weighted by Crippen LogP contribution is 2.28. The summed E-state index contributed by atoms with van der Waals surface area (Å²) in [5.41, 5.74) is 0.0583. The van der Waals surface area contributed by atoms with Crippen LogP contribution in [0.3, 0.4) is 0 Å². The molecular formula is C20H22ClFN2O3S. The van der Waals surface area contributed by atoms with Gasteiger partial charge in [0.15, 0.2) is 0 Å². The summed E-state index contributed by atoms with van der Waals surface area (Å²) in [6.45, 7) is 4.83. The minimum Gasteiger partial charge on any atom is -0.322 e. The van der Waals surface area contributed by atoms with Crippen LogP contribution in [0.15, 0.2) is 47.4 Å². The lowest BCUT2D eigenvalue weighted by Crippen LogP contribution is -2.42. The molecule has 2 aromatic rings. The van der Waals surface area contributed by atoms with Crippen molar-refractivity contribution in [1.29, 1.82) is 0 Å². The number of carbonyl (C=O) groups excluding carboxylic acids is 1. The van der Waals surface area contributed by atoms with Gasteiger partial charge in [-0.05, 0) is 54.7 Å². The number of benzene rings is 2. The molecule has 28 heavy (non-hydrogen) atoms. The van der Waals surface area contributed by atoms with Crippen LogP contribution in [0, 0.1) is 17.7 Å². The van der Waals surface area contributed by atoms with Gasteiger partial charge in [-0.25, -0.2) is 12.8 Å². The highest BCUT2D eigenvalue weighted by atomic mass is 35.5. The number of halogens is 2. The summed E-state index contributed by atoms with van der Waals surface area (Å²) in [5, 5.41) is 2.96. The molecule has 0 spiro atoms. The van der Waals surface area contributed by atoms with E-state index in [4.69, 9.17) is 11.6 Å². The maximum Gasteiger partial charge on any atom is 0.258 e. The van der Waals surface area contributed by atoms with E-state index in [-0.39, 0.29) is 22.3 Å². The lowest BCUT2D eigenvalue weighted by Gasteiger charge is -2.34. The van der Waals surface area contributed by atoms with Crippen LogP contribution in [0.4, 0.5) is 10.1 Å². The predicted octanol–water partition coefficient (Wildman–Crippen LogP) is 4.40. The molecule has 2 aromatic carbocycles. The normalized spacial score (nSPS) is 20.7. The molecule has 1 aliphatic rings. The van der Waals surface area contributed by atoms with Gasteiger partial charge in [0.25, 0.3) is 5.91 Å². The van der Waals surface area contributed by atoms with Crippen molar-refractivity contribution >= 4 is 33.2 Å². The van der Waals surface area contributed by atoms with Gasteiger partial charge in [0, 0.05) is 23.8 Å². The van der Waals surface area contributed by atoms with Crippen LogP contribution in [0.25, 0.3) is 0 Å². The largest absolute Gasteiger partial charge is 0.322 e. The van der Waals surface area contributed by atoms with Gasteiger partial charge in [-0.15, -0.1) is 0 Å². The number of nitrogens with one attached hydrogen (secondary N) is 1. The van der Waals surface area contributed by atoms with Gasteiger partial charge >= 0.3 is 0 Å². The SMILES string of the molecule is C[C@H]1C[C@H](C)CN(S(=O)(=O)c2ccc(F)c(C(=O)Nc3cccc(Cl)c3)c2)C1. The summed E-state index contributed by atoms with van der Waals surface area (Å²) in [6.07, 6.45) is 0.961. The van der Waals surface area contributed by atoms with Crippen molar-refractivity contribution in [2.75, 3.05) is 18.4 Å². The Morgan fingerprint density at radius 3 is 2.46 bits per heavy atom. The van der Waals surface area contributed by atoms with Crippen LogP contribution in [-0.4, -0.2) is 31.7 Å². The molecule has 2 atom stereocenters. The van der Waals surface area contributed by atoms with Crippen molar-refractivity contribution in [3.05, 3.63) is 58.9 Å². The molecule has 1 aliphatic heterocycles. The molecule has 0 aliphatic carbocycles. The molecule has 3 rings (SSSR count). The Kier molecular flexibility index (Phi) is 6.07. The maximum absolute atomic E-state index is 14.3. The molecule has 1 saturated heterocycles. The maximum atomic E-state index is 14.3. The second-order valence-corrected chi connectivity index (χ2v) is 9.75. The summed E-state index contributed by atoms with van der Waals surface area (Å²) in [4.78, 5) is 12.4. The topological polar surface area (TPSA) is 66.5 Å². The molecule has 0 radical (unpaired) electrons. The van der Waals surface area contributed by atoms with Gasteiger partial charge < -0.3 is 5.32 Å². The minimum absolute atomic E-state index is 0.0913. The van der Waals surface area contributed by atoms with Gasteiger partial charge in [-0.2, -0.15) is 4.31 Å². The molecule has 0 saturated carbocycles. The van der Waals surface area contributed by atoms with E-state index in [9.17, 15) is 17.6 Å². The quantitative estimate of drug-likeness (QED) is 0.791. The summed E-state index contributed by atoms with van der Waals surface area (Å²) < 4.78 is 41.7. The molecule has 1 N–H and O–H groups in total. The smallest absolute Gasteiger partial charge is 0.258 e. The first-order chi connectivity index (χ1) is 13.2. The second kappa shape index (κ2) is 8.19. The fourth-order valence-corrected chi connectivity index (χ4v) is 5.45. The zero-order valence-electron chi connectivity index (χ0n) is 15.7. The minimum atomic E-state index is -3.81. The summed E-state index contributed by atoms with van der Waals surface area (Å²) in [5.74, 6) is -1.05. The standard InChI is InChI=1S/C20H22ClFN2O3S/c1-13-8-14(2)12-24(11-13)28(26,27)17-6-7-19(22)18(10-17)20(25)23-16-5-3-4-15(21)9-16/h3-7,9-10,13-14H,8,11-12H2,1-2H3,(H,23,25)/t13-,14-/m0/s1. The van der Waals surface area contributed by atoms with Gasteiger partial charge in [-0.3, -0.25) is 4.79 Å². The Labute approximate surface area is 169 Å². The van der Waals surface area contributed by atoms with Crippen LogP contribution in [-0.2, 0) is 10.0 Å². The Morgan fingerprint density at radius 1 is 1.14 bits per heavy atom. The van der Waals surface area contributed by atoms with Gasteiger partial charge in [-0.1, -0.05) is 31.5 Å². The molecule has 1 amide bonds. The van der Waals surface area contributed by atoms with Crippen LogP contribution >= 0.6 is 11.6 Å².